The van der Waals surface area contributed by atoms with E-state index in [2.05, 4.69) is 29.1 Å². The van der Waals surface area contributed by atoms with Crippen molar-refractivity contribution in [2.24, 2.45) is 5.10 Å². The second kappa shape index (κ2) is 5.85. The normalized spacial score (nSPS) is 13.8. The van der Waals surface area contributed by atoms with Crippen LogP contribution in [-0.4, -0.2) is 12.9 Å². The minimum Gasteiger partial charge on any atom is -0.497 e. The van der Waals surface area contributed by atoms with Gasteiger partial charge in [0, 0.05) is 5.56 Å². The lowest BCUT2D eigenvalue weighted by Gasteiger charge is -2.16. The van der Waals surface area contributed by atoms with Crippen molar-refractivity contribution in [3.63, 3.8) is 0 Å². The fourth-order valence-electron chi connectivity index (χ4n) is 2.29. The Labute approximate surface area is 124 Å². The number of aryl methyl sites for hydroxylation is 1. The van der Waals surface area contributed by atoms with Crippen molar-refractivity contribution in [2.45, 2.75) is 13.3 Å². The molecular weight excluding hydrogens is 264 g/mol. The second-order valence-electron chi connectivity index (χ2n) is 4.71. The number of amidine groups is 1. The lowest BCUT2D eigenvalue weighted by Crippen LogP contribution is -2.39. The highest BCUT2D eigenvalue weighted by Crippen LogP contribution is 2.22. The van der Waals surface area contributed by atoms with Gasteiger partial charge in [0.15, 0.2) is 5.84 Å². The zero-order valence-corrected chi connectivity index (χ0v) is 12.1. The predicted octanol–water partition coefficient (Wildman–Crippen LogP) is 2.45. The molecular formula is C16H18N4O. The SMILES string of the molecule is CCc1ccccc1N1N=C(c2cccc(OC)c2)NN1. The molecule has 0 aliphatic carbocycles. The largest absolute Gasteiger partial charge is 0.497 e. The summed E-state index contributed by atoms with van der Waals surface area (Å²) in [5, 5.41) is 6.34. The molecule has 2 N–H and O–H groups in total. The van der Waals surface area contributed by atoms with E-state index in [-0.39, 0.29) is 0 Å². The van der Waals surface area contributed by atoms with Crippen LogP contribution in [0.15, 0.2) is 53.6 Å². The average Bonchev–Trinajstić information content (AvgIpc) is 3.04. The van der Waals surface area contributed by atoms with Gasteiger partial charge in [0.1, 0.15) is 5.75 Å². The molecule has 0 bridgehead atoms. The van der Waals surface area contributed by atoms with Crippen LogP contribution < -0.4 is 20.8 Å². The van der Waals surface area contributed by atoms with Crippen LogP contribution in [0.4, 0.5) is 5.69 Å². The summed E-state index contributed by atoms with van der Waals surface area (Å²) >= 11 is 0. The van der Waals surface area contributed by atoms with Gasteiger partial charge < -0.3 is 4.74 Å². The first-order chi connectivity index (χ1) is 10.3. The van der Waals surface area contributed by atoms with Crippen molar-refractivity contribution in [3.05, 3.63) is 59.7 Å². The maximum absolute atomic E-state index is 5.25. The number of para-hydroxylation sites is 1. The van der Waals surface area contributed by atoms with Crippen molar-refractivity contribution in [1.82, 2.24) is 11.0 Å². The quantitative estimate of drug-likeness (QED) is 0.904. The summed E-state index contributed by atoms with van der Waals surface area (Å²) in [5.74, 6) is 1.57. The molecule has 2 aromatic rings. The fourth-order valence-corrected chi connectivity index (χ4v) is 2.29. The van der Waals surface area contributed by atoms with E-state index in [4.69, 9.17) is 4.74 Å². The number of nitrogens with zero attached hydrogens (tertiary/aromatic N) is 2. The van der Waals surface area contributed by atoms with Crippen LogP contribution in [0.25, 0.3) is 0 Å². The van der Waals surface area contributed by atoms with E-state index in [1.165, 1.54) is 5.56 Å². The summed E-state index contributed by atoms with van der Waals surface area (Å²) in [4.78, 5) is 0. The van der Waals surface area contributed by atoms with E-state index in [1.54, 1.807) is 12.2 Å². The third-order valence-corrected chi connectivity index (χ3v) is 3.42. The Morgan fingerprint density at radius 3 is 2.81 bits per heavy atom. The van der Waals surface area contributed by atoms with Gasteiger partial charge >= 0.3 is 0 Å². The molecule has 1 heterocycles. The van der Waals surface area contributed by atoms with Crippen LogP contribution in [0, 0.1) is 0 Å². The van der Waals surface area contributed by atoms with E-state index >= 15 is 0 Å². The molecule has 3 rings (SSSR count). The van der Waals surface area contributed by atoms with Gasteiger partial charge in [-0.2, -0.15) is 5.12 Å². The monoisotopic (exact) mass is 282 g/mol. The molecule has 0 atom stereocenters. The number of methoxy groups -OCH3 is 1. The highest BCUT2D eigenvalue weighted by Gasteiger charge is 2.18. The molecule has 0 spiro atoms. The highest BCUT2D eigenvalue weighted by molar-refractivity contribution is 6.00. The molecule has 21 heavy (non-hydrogen) atoms. The van der Waals surface area contributed by atoms with Gasteiger partial charge in [0.05, 0.1) is 12.8 Å². The predicted molar refractivity (Wildman–Crippen MR) is 84.1 cm³/mol. The number of anilines is 1. The molecule has 0 amide bonds. The van der Waals surface area contributed by atoms with E-state index in [0.717, 1.165) is 29.3 Å². The van der Waals surface area contributed by atoms with Crippen LogP contribution in [0.5, 0.6) is 5.75 Å². The Morgan fingerprint density at radius 2 is 2.00 bits per heavy atom. The Balaban J connectivity index is 1.90. The number of benzene rings is 2. The first kappa shape index (κ1) is 13.5. The highest BCUT2D eigenvalue weighted by atomic mass is 16.5. The van der Waals surface area contributed by atoms with Crippen LogP contribution in [0.1, 0.15) is 18.1 Å². The maximum atomic E-state index is 5.25. The molecule has 0 radical (unpaired) electrons. The molecule has 5 heteroatoms. The zero-order chi connectivity index (χ0) is 14.7. The zero-order valence-electron chi connectivity index (χ0n) is 12.1. The van der Waals surface area contributed by atoms with Crippen LogP contribution >= 0.6 is 0 Å². The van der Waals surface area contributed by atoms with E-state index < -0.39 is 0 Å². The molecule has 1 aliphatic heterocycles. The number of rotatable bonds is 4. The average molecular weight is 282 g/mol. The first-order valence-electron chi connectivity index (χ1n) is 6.94. The van der Waals surface area contributed by atoms with Gasteiger partial charge in [-0.15, -0.1) is 10.6 Å². The van der Waals surface area contributed by atoms with E-state index in [1.807, 2.05) is 42.5 Å². The number of hydrogen-bond donors (Lipinski definition) is 2. The molecule has 0 fully saturated rings. The Bertz CT molecular complexity index is 669. The smallest absolute Gasteiger partial charge is 0.171 e. The van der Waals surface area contributed by atoms with Crippen molar-refractivity contribution < 1.29 is 4.74 Å². The minimum atomic E-state index is 0.764. The third-order valence-electron chi connectivity index (χ3n) is 3.42. The number of hydrazone groups is 1. The molecule has 0 unspecified atom stereocenters. The van der Waals surface area contributed by atoms with Crippen LogP contribution in [0.2, 0.25) is 0 Å². The fraction of sp³-hybridized carbons (Fsp3) is 0.188. The van der Waals surface area contributed by atoms with Gasteiger partial charge in [-0.25, -0.2) is 0 Å². The Morgan fingerprint density at radius 1 is 1.14 bits per heavy atom. The summed E-state index contributed by atoms with van der Waals surface area (Å²) in [6.07, 6.45) is 0.957. The van der Waals surface area contributed by atoms with Gasteiger partial charge in [-0.1, -0.05) is 37.3 Å². The first-order valence-corrected chi connectivity index (χ1v) is 6.94. The van der Waals surface area contributed by atoms with Gasteiger partial charge in [-0.3, -0.25) is 5.43 Å². The number of ether oxygens (including phenoxy) is 1. The lowest BCUT2D eigenvalue weighted by atomic mass is 10.1. The van der Waals surface area contributed by atoms with Crippen molar-refractivity contribution in [3.8, 4) is 5.75 Å². The van der Waals surface area contributed by atoms with Crippen LogP contribution in [0.3, 0.4) is 0 Å². The summed E-state index contributed by atoms with van der Waals surface area (Å²) in [7, 11) is 1.66. The molecule has 0 saturated heterocycles. The topological polar surface area (TPSA) is 48.9 Å². The molecule has 0 aromatic heterocycles. The number of nitrogens with one attached hydrogen (secondary N) is 2. The molecule has 5 nitrogen and oxygen atoms in total. The summed E-state index contributed by atoms with van der Waals surface area (Å²) in [5.41, 5.74) is 9.42. The van der Waals surface area contributed by atoms with E-state index in [9.17, 15) is 0 Å². The third kappa shape index (κ3) is 2.68. The Hall–Kier alpha value is -2.53. The van der Waals surface area contributed by atoms with Gasteiger partial charge in [0.25, 0.3) is 0 Å². The molecule has 0 saturated carbocycles. The van der Waals surface area contributed by atoms with Gasteiger partial charge in [-0.05, 0) is 30.2 Å². The van der Waals surface area contributed by atoms with Gasteiger partial charge in [0.2, 0.25) is 0 Å². The molecule has 1 aliphatic rings. The van der Waals surface area contributed by atoms with Crippen molar-refractivity contribution in [2.75, 3.05) is 12.2 Å². The number of hydrogen-bond acceptors (Lipinski definition) is 5. The van der Waals surface area contributed by atoms with Crippen molar-refractivity contribution >= 4 is 11.5 Å². The Kier molecular flexibility index (Phi) is 3.75. The number of hydrazine groups is 2. The lowest BCUT2D eigenvalue weighted by molar-refractivity contribution is 0.414. The summed E-state index contributed by atoms with van der Waals surface area (Å²) < 4.78 is 5.25. The maximum Gasteiger partial charge on any atom is 0.171 e. The van der Waals surface area contributed by atoms with Crippen LogP contribution in [-0.2, 0) is 6.42 Å². The summed E-state index contributed by atoms with van der Waals surface area (Å²) in [6, 6.07) is 16.0. The minimum absolute atomic E-state index is 0.764. The molecule has 2 aromatic carbocycles. The van der Waals surface area contributed by atoms with E-state index in [0.29, 0.717) is 0 Å². The molecule has 108 valence electrons. The standard InChI is InChI=1S/C16H18N4O/c1-3-12-7-4-5-10-15(12)20-18-16(17-19-20)13-8-6-9-14(11-13)21-2/h4-11,19H,3H2,1-2H3,(H,17,18). The second-order valence-corrected chi connectivity index (χ2v) is 4.71. The summed E-state index contributed by atoms with van der Waals surface area (Å²) in [6.45, 7) is 2.13. The van der Waals surface area contributed by atoms with Crippen molar-refractivity contribution in [1.29, 1.82) is 0 Å².